The maximum atomic E-state index is 12.9. The van der Waals surface area contributed by atoms with Crippen molar-refractivity contribution in [2.75, 3.05) is 13.1 Å². The van der Waals surface area contributed by atoms with Crippen LogP contribution in [0.25, 0.3) is 10.4 Å². The molecular weight excluding hydrogens is 798 g/mol. The first-order valence-electron chi connectivity index (χ1n) is 16.9. The fourth-order valence-corrected chi connectivity index (χ4v) is 4.63. The second kappa shape index (κ2) is 24.6. The van der Waals surface area contributed by atoms with Gasteiger partial charge in [0, 0.05) is 60.5 Å². The molecule has 1 rings (SSSR count). The summed E-state index contributed by atoms with van der Waals surface area (Å²) in [5, 5.41) is 70.5. The van der Waals surface area contributed by atoms with Crippen LogP contribution in [-0.2, 0) is 47.9 Å². The molecule has 0 heterocycles. The van der Waals surface area contributed by atoms with Crippen LogP contribution in [0.3, 0.4) is 0 Å². The number of rotatable bonds is 27. The van der Waals surface area contributed by atoms with Gasteiger partial charge >= 0.3 is 35.8 Å². The van der Waals surface area contributed by atoms with E-state index < -0.39 is 160 Å². The Bertz CT molecular complexity index is 1760. The molecule has 1 aromatic carbocycles. The van der Waals surface area contributed by atoms with Crippen LogP contribution >= 0.6 is 0 Å². The SMILES string of the molecule is [N-]=[N+]=Nc1cc(C(=O)NCCC(=O)N[C@H](CC(=O)N[C@@H](CCC(=O)O)C(=O)O)C(=O)O)cc(C(=O)NCCC(=O)N[C@H](CC(=O)N[C@@H](CCC(=O)O)C(=O)O)C(=O)O)c1. The molecule has 0 radical (unpaired) electrons. The van der Waals surface area contributed by atoms with Crippen molar-refractivity contribution >= 4 is 76.9 Å². The number of benzene rings is 1. The summed E-state index contributed by atoms with van der Waals surface area (Å²) < 4.78 is 0. The summed E-state index contributed by atoms with van der Waals surface area (Å²) in [6.07, 6.45) is -5.18. The number of carbonyl (C=O) groups excluding carboxylic acids is 6. The lowest BCUT2D eigenvalue weighted by Crippen LogP contribution is -2.47. The summed E-state index contributed by atoms with van der Waals surface area (Å²) in [5.41, 5.74) is 8.10. The topological polar surface area (TPSA) is 447 Å². The zero-order valence-electron chi connectivity index (χ0n) is 30.5. The number of carboxylic acid groups (broad SMARTS) is 6. The third-order valence-electron chi connectivity index (χ3n) is 7.48. The Hall–Kier alpha value is -7.83. The minimum Gasteiger partial charge on any atom is -0.481 e. The lowest BCUT2D eigenvalue weighted by atomic mass is 10.1. The van der Waals surface area contributed by atoms with Crippen molar-refractivity contribution in [2.24, 2.45) is 5.11 Å². The lowest BCUT2D eigenvalue weighted by Gasteiger charge is -2.17. The fourth-order valence-electron chi connectivity index (χ4n) is 4.63. The van der Waals surface area contributed by atoms with Crippen LogP contribution in [-0.4, -0.2) is 139 Å². The van der Waals surface area contributed by atoms with E-state index in [9.17, 15) is 67.7 Å². The molecule has 6 amide bonds. The van der Waals surface area contributed by atoms with E-state index in [0.29, 0.717) is 0 Å². The second-order valence-corrected chi connectivity index (χ2v) is 12.1. The van der Waals surface area contributed by atoms with Crippen molar-refractivity contribution in [2.45, 2.75) is 75.5 Å². The van der Waals surface area contributed by atoms with Gasteiger partial charge in [0.1, 0.15) is 24.2 Å². The molecule has 1 aromatic rings. The van der Waals surface area contributed by atoms with Crippen LogP contribution in [0.15, 0.2) is 23.3 Å². The minimum absolute atomic E-state index is 0.230. The van der Waals surface area contributed by atoms with Gasteiger partial charge in [-0.3, -0.25) is 38.4 Å². The number of aliphatic carboxylic acids is 6. The first-order chi connectivity index (χ1) is 27.6. The molecule has 0 unspecified atom stereocenters. The highest BCUT2D eigenvalue weighted by Crippen LogP contribution is 2.19. The lowest BCUT2D eigenvalue weighted by molar-refractivity contribution is -0.145. The Labute approximate surface area is 330 Å². The molecule has 0 aliphatic carbocycles. The van der Waals surface area contributed by atoms with E-state index in [1.807, 2.05) is 21.3 Å². The molecular formula is C32H39N9O18. The number of azide groups is 1. The van der Waals surface area contributed by atoms with Gasteiger partial charge in [0.25, 0.3) is 11.8 Å². The largest absolute Gasteiger partial charge is 0.481 e. The van der Waals surface area contributed by atoms with Gasteiger partial charge in [0.05, 0.1) is 12.8 Å². The minimum atomic E-state index is -1.85. The Balaban J connectivity index is 2.81. The Morgan fingerprint density at radius 2 is 0.847 bits per heavy atom. The van der Waals surface area contributed by atoms with Crippen LogP contribution in [0.2, 0.25) is 0 Å². The molecule has 0 aliphatic heterocycles. The highest BCUT2D eigenvalue weighted by atomic mass is 16.4. The standard InChI is InChI=1S/C32H39N9O18/c33-41-40-16-10-14(27(50)34-7-5-21(42)38-19(31(56)57)12-23(44)36-17(29(52)53)1-3-25(46)47)9-15(11-16)28(51)35-8-6-22(43)39-20(32(58)59)13-24(45)37-18(30(54)55)2-4-26(48)49/h9-11,17-20H,1-8,12-13H2,(H,34,50)(H,35,51)(H,36,44)(H,37,45)(H,38,42)(H,39,43)(H,46,47)(H,48,49)(H,52,53)(H,54,55)(H,56,57)(H,58,59)/t17-,18-,19+,20+/m0/s1. The monoisotopic (exact) mass is 837 g/mol. The summed E-state index contributed by atoms with van der Waals surface area (Å²) in [5.74, 6) is -15.2. The predicted molar refractivity (Wildman–Crippen MR) is 190 cm³/mol. The van der Waals surface area contributed by atoms with E-state index in [0.717, 1.165) is 18.2 Å². The Kier molecular flexibility index (Phi) is 20.5. The van der Waals surface area contributed by atoms with Crippen LogP contribution in [0.4, 0.5) is 5.69 Å². The molecule has 0 bridgehead atoms. The zero-order valence-corrected chi connectivity index (χ0v) is 30.5. The number of nitrogens with zero attached hydrogens (tertiary/aromatic N) is 3. The molecule has 27 nitrogen and oxygen atoms in total. The van der Waals surface area contributed by atoms with Crippen molar-refractivity contribution < 1.29 is 88.2 Å². The number of hydrogen-bond acceptors (Lipinski definition) is 13. The van der Waals surface area contributed by atoms with Gasteiger partial charge in [-0.15, -0.1) is 0 Å². The van der Waals surface area contributed by atoms with Gasteiger partial charge in [-0.05, 0) is 36.6 Å². The smallest absolute Gasteiger partial charge is 0.326 e. The molecule has 320 valence electrons. The molecule has 4 atom stereocenters. The molecule has 0 aliphatic rings. The fraction of sp³-hybridized carbons (Fsp3) is 0.438. The van der Waals surface area contributed by atoms with Gasteiger partial charge in [-0.2, -0.15) is 0 Å². The van der Waals surface area contributed by atoms with E-state index in [1.165, 1.54) is 0 Å². The third kappa shape index (κ3) is 19.5. The quantitative estimate of drug-likeness (QED) is 0.0251. The highest BCUT2D eigenvalue weighted by Gasteiger charge is 2.28. The van der Waals surface area contributed by atoms with Crippen LogP contribution in [0.1, 0.15) is 72.1 Å². The van der Waals surface area contributed by atoms with Crippen molar-refractivity contribution in [1.82, 2.24) is 31.9 Å². The van der Waals surface area contributed by atoms with Crippen LogP contribution < -0.4 is 31.9 Å². The number of nitrogens with one attached hydrogen (secondary N) is 6. The molecule has 0 spiro atoms. The van der Waals surface area contributed by atoms with Crippen LogP contribution in [0, 0.1) is 0 Å². The van der Waals surface area contributed by atoms with Crippen molar-refractivity contribution in [3.8, 4) is 0 Å². The maximum absolute atomic E-state index is 12.9. The van der Waals surface area contributed by atoms with Crippen LogP contribution in [0.5, 0.6) is 0 Å². The van der Waals surface area contributed by atoms with E-state index in [1.54, 1.807) is 0 Å². The highest BCUT2D eigenvalue weighted by molar-refractivity contribution is 6.01. The second-order valence-electron chi connectivity index (χ2n) is 12.1. The summed E-state index contributed by atoms with van der Waals surface area (Å²) in [7, 11) is 0. The average Bonchev–Trinajstić information content (AvgIpc) is 3.13. The van der Waals surface area contributed by atoms with E-state index in [2.05, 4.69) is 20.7 Å². The molecule has 0 fully saturated rings. The summed E-state index contributed by atoms with van der Waals surface area (Å²) >= 11 is 0. The molecule has 59 heavy (non-hydrogen) atoms. The first-order valence-corrected chi connectivity index (χ1v) is 16.9. The van der Waals surface area contributed by atoms with Crippen molar-refractivity contribution in [1.29, 1.82) is 0 Å². The summed E-state index contributed by atoms with van der Waals surface area (Å²) in [4.78, 5) is 145. The number of carbonyl (C=O) groups is 12. The molecule has 12 N–H and O–H groups in total. The summed E-state index contributed by atoms with van der Waals surface area (Å²) in [6.45, 7) is -0.878. The predicted octanol–water partition coefficient (Wildman–Crippen LogP) is -2.34. The van der Waals surface area contributed by atoms with E-state index in [-0.39, 0.29) is 16.8 Å². The van der Waals surface area contributed by atoms with Gasteiger partial charge in [0.2, 0.25) is 23.6 Å². The van der Waals surface area contributed by atoms with E-state index >= 15 is 0 Å². The Morgan fingerprint density at radius 1 is 0.508 bits per heavy atom. The number of amides is 6. The third-order valence-corrected chi connectivity index (χ3v) is 7.48. The van der Waals surface area contributed by atoms with E-state index in [4.69, 9.17) is 26.0 Å². The normalized spacial score (nSPS) is 12.3. The molecule has 0 saturated carbocycles. The van der Waals surface area contributed by atoms with Gasteiger partial charge < -0.3 is 62.5 Å². The Morgan fingerprint density at radius 3 is 1.15 bits per heavy atom. The first kappa shape index (κ1) is 49.2. The van der Waals surface area contributed by atoms with Crippen molar-refractivity contribution in [3.05, 3.63) is 39.8 Å². The summed E-state index contributed by atoms with van der Waals surface area (Å²) in [6, 6.07) is -3.83. The van der Waals surface area contributed by atoms with Crippen molar-refractivity contribution in [3.63, 3.8) is 0 Å². The maximum Gasteiger partial charge on any atom is 0.326 e. The molecule has 0 aromatic heterocycles. The zero-order chi connectivity index (χ0) is 44.8. The number of hydrogen-bond donors (Lipinski definition) is 12. The van der Waals surface area contributed by atoms with Gasteiger partial charge in [-0.25, -0.2) is 19.2 Å². The number of carboxylic acids is 6. The van der Waals surface area contributed by atoms with Gasteiger partial charge in [-0.1, -0.05) is 5.11 Å². The average molecular weight is 838 g/mol. The van der Waals surface area contributed by atoms with Gasteiger partial charge in [0.15, 0.2) is 0 Å². The molecule has 27 heteroatoms. The molecule has 0 saturated heterocycles.